The van der Waals surface area contributed by atoms with Crippen LogP contribution in [0, 0.1) is 5.82 Å². The van der Waals surface area contributed by atoms with Crippen molar-refractivity contribution in [1.29, 1.82) is 0 Å². The lowest BCUT2D eigenvalue weighted by atomic mass is 10.2. The van der Waals surface area contributed by atoms with Crippen LogP contribution >= 0.6 is 11.8 Å². The number of nitrogens with zero attached hydrogens (tertiary/aromatic N) is 3. The predicted molar refractivity (Wildman–Crippen MR) is 100 cm³/mol. The van der Waals surface area contributed by atoms with E-state index in [2.05, 4.69) is 4.99 Å². The van der Waals surface area contributed by atoms with Crippen LogP contribution in [0.4, 0.5) is 9.18 Å². The monoisotopic (exact) mass is 393 g/mol. The molecule has 3 rings (SSSR count). The number of halogens is 1. The Morgan fingerprint density at radius 2 is 2.11 bits per heavy atom. The van der Waals surface area contributed by atoms with Crippen molar-refractivity contribution in [2.45, 2.75) is 32.8 Å². The number of aliphatic imine (C=N–C) groups is 1. The second kappa shape index (κ2) is 7.22. The quantitative estimate of drug-likeness (QED) is 0.737. The van der Waals surface area contributed by atoms with Gasteiger partial charge in [0.05, 0.1) is 4.91 Å². The molecule has 0 aromatic heterocycles. The van der Waals surface area contributed by atoms with E-state index < -0.39 is 23.4 Å². The Morgan fingerprint density at radius 3 is 2.81 bits per heavy atom. The minimum atomic E-state index is -0.633. The Hall–Kier alpha value is -2.55. The highest BCUT2D eigenvalue weighted by molar-refractivity contribution is 8.18. The molecule has 2 heterocycles. The van der Waals surface area contributed by atoms with Crippen LogP contribution in [0.2, 0.25) is 0 Å². The number of benzene rings is 1. The fourth-order valence-corrected chi connectivity index (χ4v) is 3.54. The minimum absolute atomic E-state index is 0.137. The third-order valence-corrected chi connectivity index (χ3v) is 4.74. The topological polar surface area (TPSA) is 82.4 Å². The number of amides is 2. The summed E-state index contributed by atoms with van der Waals surface area (Å²) in [6.07, 6.45) is 1.60. The summed E-state index contributed by atoms with van der Waals surface area (Å²) in [6, 6.07) is 3.49. The Bertz CT molecular complexity index is 847. The van der Waals surface area contributed by atoms with Crippen molar-refractivity contribution in [1.82, 2.24) is 10.0 Å². The Kier molecular flexibility index (Phi) is 5.14. The first kappa shape index (κ1) is 19.2. The third kappa shape index (κ3) is 4.41. The molecule has 2 aliphatic heterocycles. The molecule has 7 nitrogen and oxygen atoms in total. The van der Waals surface area contributed by atoms with Crippen molar-refractivity contribution >= 4 is 35.0 Å². The van der Waals surface area contributed by atoms with E-state index in [0.29, 0.717) is 18.3 Å². The number of hydrogen-bond acceptors (Lipinski definition) is 6. The highest BCUT2D eigenvalue weighted by Crippen LogP contribution is 2.34. The van der Waals surface area contributed by atoms with Crippen molar-refractivity contribution in [3.8, 4) is 5.75 Å². The van der Waals surface area contributed by atoms with E-state index >= 15 is 0 Å². The fraction of sp³-hybridized carbons (Fsp3) is 0.389. The lowest BCUT2D eigenvalue weighted by Gasteiger charge is -2.30. The zero-order chi connectivity index (χ0) is 19.8. The number of aromatic hydroxyl groups is 1. The van der Waals surface area contributed by atoms with E-state index in [0.717, 1.165) is 30.3 Å². The van der Waals surface area contributed by atoms with E-state index in [1.54, 1.807) is 25.8 Å². The summed E-state index contributed by atoms with van der Waals surface area (Å²) in [4.78, 5) is 28.9. The van der Waals surface area contributed by atoms with E-state index in [1.807, 2.05) is 0 Å². The van der Waals surface area contributed by atoms with Gasteiger partial charge >= 0.3 is 6.09 Å². The molecule has 0 spiro atoms. The normalized spacial score (nSPS) is 19.0. The first-order valence-electron chi connectivity index (χ1n) is 8.43. The van der Waals surface area contributed by atoms with Crippen molar-refractivity contribution in [2.75, 3.05) is 13.1 Å². The molecule has 144 valence electrons. The van der Waals surface area contributed by atoms with Gasteiger partial charge in [-0.2, -0.15) is 4.99 Å². The van der Waals surface area contributed by atoms with Crippen molar-refractivity contribution in [3.05, 3.63) is 34.5 Å². The van der Waals surface area contributed by atoms with Crippen LogP contribution in [-0.4, -0.2) is 51.0 Å². The molecule has 1 aromatic carbocycles. The van der Waals surface area contributed by atoms with Crippen LogP contribution < -0.4 is 0 Å². The van der Waals surface area contributed by atoms with Crippen LogP contribution in [0.25, 0.3) is 6.08 Å². The maximum atomic E-state index is 13.4. The van der Waals surface area contributed by atoms with Gasteiger partial charge in [0.25, 0.3) is 5.91 Å². The van der Waals surface area contributed by atoms with Crippen LogP contribution in [0.5, 0.6) is 5.75 Å². The minimum Gasteiger partial charge on any atom is -0.507 e. The molecule has 9 heteroatoms. The number of carbonyl (C=O) groups is 2. The maximum absolute atomic E-state index is 13.4. The lowest BCUT2D eigenvalue weighted by molar-refractivity contribution is -0.113. The number of ether oxygens (including phenoxy) is 1. The first-order valence-corrected chi connectivity index (χ1v) is 9.25. The number of phenols is 1. The van der Waals surface area contributed by atoms with Gasteiger partial charge in [0.15, 0.2) is 5.17 Å². The summed E-state index contributed by atoms with van der Waals surface area (Å²) < 4.78 is 18.8. The summed E-state index contributed by atoms with van der Waals surface area (Å²) in [7, 11) is 0. The summed E-state index contributed by atoms with van der Waals surface area (Å²) in [5.74, 6) is -1.16. The third-order valence-electron chi connectivity index (χ3n) is 3.74. The van der Waals surface area contributed by atoms with Crippen LogP contribution in [0.3, 0.4) is 0 Å². The van der Waals surface area contributed by atoms with Crippen LogP contribution in [0.15, 0.2) is 28.1 Å². The zero-order valence-corrected chi connectivity index (χ0v) is 16.0. The van der Waals surface area contributed by atoms with Crippen molar-refractivity contribution < 1.29 is 23.8 Å². The number of hydrogen-bond donors (Lipinski definition) is 1. The standard InChI is InChI=1S/C18H20FN3O4S/c1-18(2,3)26-17(25)22-8-4-7-21(22)16-20-15(24)14(27-16)10-11-9-12(19)5-6-13(11)23/h5-6,9-10,23H,4,7-8H2,1-3H3/b14-10-. The van der Waals surface area contributed by atoms with Crippen LogP contribution in [0.1, 0.15) is 32.8 Å². The zero-order valence-electron chi connectivity index (χ0n) is 15.2. The Labute approximate surface area is 160 Å². The number of phenolic OH excluding ortho intramolecular Hbond substituents is 1. The summed E-state index contributed by atoms with van der Waals surface area (Å²) in [5.41, 5.74) is -0.445. The van der Waals surface area contributed by atoms with E-state index in [9.17, 15) is 19.1 Å². The lowest BCUT2D eigenvalue weighted by Crippen LogP contribution is -2.45. The molecule has 1 aromatic rings. The number of carbonyl (C=O) groups excluding carboxylic acids is 2. The van der Waals surface area contributed by atoms with Gasteiger partial charge in [0, 0.05) is 18.7 Å². The van der Waals surface area contributed by atoms with Gasteiger partial charge in [0.2, 0.25) is 0 Å². The molecular formula is C18H20FN3O4S. The largest absolute Gasteiger partial charge is 0.507 e. The van der Waals surface area contributed by atoms with Gasteiger partial charge in [0.1, 0.15) is 17.2 Å². The number of amidine groups is 1. The molecule has 2 aliphatic rings. The molecule has 1 saturated heterocycles. The Balaban J connectivity index is 1.78. The van der Waals surface area contributed by atoms with Gasteiger partial charge in [-0.15, -0.1) is 0 Å². The average Bonchev–Trinajstić information content (AvgIpc) is 3.16. The smallest absolute Gasteiger partial charge is 0.429 e. The van der Waals surface area contributed by atoms with Crippen LogP contribution in [-0.2, 0) is 9.53 Å². The molecule has 0 bridgehead atoms. The molecule has 0 unspecified atom stereocenters. The van der Waals surface area contributed by atoms with Gasteiger partial charge in [-0.1, -0.05) is 0 Å². The van der Waals surface area contributed by atoms with E-state index in [1.165, 1.54) is 17.2 Å². The summed E-state index contributed by atoms with van der Waals surface area (Å²) in [5, 5.41) is 13.2. The molecule has 0 aliphatic carbocycles. The highest BCUT2D eigenvalue weighted by atomic mass is 32.2. The summed E-state index contributed by atoms with van der Waals surface area (Å²) >= 11 is 1.07. The molecule has 0 atom stereocenters. The molecule has 1 fully saturated rings. The van der Waals surface area contributed by atoms with Gasteiger partial charge < -0.3 is 9.84 Å². The second-order valence-corrected chi connectivity index (χ2v) is 8.10. The van der Waals surface area contributed by atoms with E-state index in [4.69, 9.17) is 4.74 Å². The van der Waals surface area contributed by atoms with Crippen molar-refractivity contribution in [3.63, 3.8) is 0 Å². The van der Waals surface area contributed by atoms with Gasteiger partial charge in [-0.25, -0.2) is 14.2 Å². The first-order chi connectivity index (χ1) is 12.6. The van der Waals surface area contributed by atoms with Gasteiger partial charge in [-0.3, -0.25) is 9.80 Å². The number of rotatable bonds is 1. The second-order valence-electron chi connectivity index (χ2n) is 7.09. The van der Waals surface area contributed by atoms with Crippen molar-refractivity contribution in [2.24, 2.45) is 4.99 Å². The molecular weight excluding hydrogens is 373 g/mol. The molecule has 27 heavy (non-hydrogen) atoms. The average molecular weight is 393 g/mol. The molecule has 0 saturated carbocycles. The predicted octanol–water partition coefficient (Wildman–Crippen LogP) is 3.36. The summed E-state index contributed by atoms with van der Waals surface area (Å²) in [6.45, 7) is 6.33. The fourth-order valence-electron chi connectivity index (χ4n) is 2.61. The molecule has 1 N–H and O–H groups in total. The SMILES string of the molecule is CC(C)(C)OC(=O)N1CCCN1C1=NC(=O)/C(=C/c2cc(F)ccc2O)S1. The number of thioether (sulfide) groups is 1. The molecule has 0 radical (unpaired) electrons. The Morgan fingerprint density at radius 1 is 1.37 bits per heavy atom. The maximum Gasteiger partial charge on any atom is 0.429 e. The van der Waals surface area contributed by atoms with E-state index in [-0.39, 0.29) is 16.2 Å². The molecule has 2 amide bonds. The van der Waals surface area contributed by atoms with Gasteiger partial charge in [-0.05, 0) is 63.2 Å². The number of hydrazine groups is 1. The highest BCUT2D eigenvalue weighted by Gasteiger charge is 2.36.